The van der Waals surface area contributed by atoms with Crippen molar-refractivity contribution in [2.75, 3.05) is 34.4 Å². The molecule has 32 heavy (non-hydrogen) atoms. The summed E-state index contributed by atoms with van der Waals surface area (Å²) in [7, 11) is 5.10. The van der Waals surface area contributed by atoms with Crippen LogP contribution in [0.1, 0.15) is 48.2 Å². The third-order valence-electron chi connectivity index (χ3n) is 5.99. The zero-order chi connectivity index (χ0) is 22.9. The Morgan fingerprint density at radius 3 is 2.56 bits per heavy atom. The van der Waals surface area contributed by atoms with Crippen LogP contribution in [-0.4, -0.2) is 45.2 Å². The number of ether oxygens (including phenoxy) is 2. The fourth-order valence-electron chi connectivity index (χ4n) is 3.95. The van der Waals surface area contributed by atoms with E-state index in [2.05, 4.69) is 37.9 Å². The van der Waals surface area contributed by atoms with E-state index in [1.54, 1.807) is 13.2 Å². The first-order valence-electron chi connectivity index (χ1n) is 10.7. The topological polar surface area (TPSA) is 62.6 Å². The first kappa shape index (κ1) is 27.7. The summed E-state index contributed by atoms with van der Waals surface area (Å²) in [5, 5.41) is 10.1. The Balaban J connectivity index is 0.00000512. The van der Waals surface area contributed by atoms with Gasteiger partial charge >= 0.3 is 5.97 Å². The van der Waals surface area contributed by atoms with E-state index in [-0.39, 0.29) is 28.7 Å². The van der Waals surface area contributed by atoms with Crippen LogP contribution in [-0.2, 0) is 33.4 Å². The van der Waals surface area contributed by atoms with Crippen molar-refractivity contribution in [3.63, 3.8) is 0 Å². The van der Waals surface area contributed by atoms with Crippen LogP contribution in [0.4, 0.5) is 0 Å². The van der Waals surface area contributed by atoms with Crippen LogP contribution in [0.5, 0.6) is 5.75 Å². The third-order valence-corrected chi connectivity index (χ3v) is 5.99. The van der Waals surface area contributed by atoms with Gasteiger partial charge in [0.2, 0.25) is 0 Å². The van der Waals surface area contributed by atoms with E-state index >= 15 is 0 Å². The second-order valence-corrected chi connectivity index (χ2v) is 8.19. The number of methoxy groups -OCH3 is 2. The molecule has 0 amide bonds. The molecule has 175 valence electrons. The van der Waals surface area contributed by atoms with Gasteiger partial charge in [-0.1, -0.05) is 32.0 Å². The van der Waals surface area contributed by atoms with Gasteiger partial charge in [-0.25, -0.2) is 4.79 Å². The summed E-state index contributed by atoms with van der Waals surface area (Å²) in [6.45, 7) is 5.88. The summed E-state index contributed by atoms with van der Waals surface area (Å²) in [6, 6.07) is 18.9. The summed E-state index contributed by atoms with van der Waals surface area (Å²) in [5.74, 6) is 0.519. The molecule has 2 aromatic carbocycles. The Hall–Kier alpha value is -2.33. The van der Waals surface area contributed by atoms with Crippen LogP contribution < -0.4 is 4.74 Å². The van der Waals surface area contributed by atoms with Crippen molar-refractivity contribution in [3.8, 4) is 11.8 Å². The number of hydrogen-bond acceptors (Lipinski definition) is 5. The van der Waals surface area contributed by atoms with E-state index in [0.29, 0.717) is 11.3 Å². The van der Waals surface area contributed by atoms with Crippen molar-refractivity contribution in [3.05, 3.63) is 65.2 Å². The average molecular weight is 480 g/mol. The number of carbonyl (C=O) groups excluding carboxylic acids is 1. The summed E-state index contributed by atoms with van der Waals surface area (Å²) >= 11 is 0. The van der Waals surface area contributed by atoms with Crippen LogP contribution in [0, 0.1) is 23.3 Å². The smallest absolute Gasteiger partial charge is 0.338 e. The largest absolute Gasteiger partial charge is 0.523 e. The van der Waals surface area contributed by atoms with E-state index in [1.807, 2.05) is 36.4 Å². The number of likely N-dealkylation sites (N-methyl/N-ethyl adjacent to an activating group) is 1. The van der Waals surface area contributed by atoms with Gasteiger partial charge in [0.15, 0.2) is 0 Å². The van der Waals surface area contributed by atoms with E-state index in [9.17, 15) is 10.1 Å². The molecule has 0 N–H and O–H groups in total. The molecule has 6 heteroatoms. The third kappa shape index (κ3) is 6.83. The van der Waals surface area contributed by atoms with Gasteiger partial charge in [0, 0.05) is 29.1 Å². The first-order chi connectivity index (χ1) is 14.9. The van der Waals surface area contributed by atoms with Gasteiger partial charge < -0.3 is 14.4 Å². The van der Waals surface area contributed by atoms with Crippen LogP contribution >= 0.6 is 0 Å². The van der Waals surface area contributed by atoms with Crippen LogP contribution in [0.3, 0.4) is 0 Å². The summed E-state index contributed by atoms with van der Waals surface area (Å²) in [5.41, 5.74) is 2.02. The molecule has 0 saturated carbocycles. The second kappa shape index (κ2) is 13.3. The standard InChI is InChI=1S/C26H33N2O3.Co/c1-20(2)26(19-27,22-11-8-12-23(18-22)30-4)15-9-16-28(3)17-14-21-10-6-7-13-24(21)25(29)31-5;/h6-8,10-11,13,18,20H,9,14-17H2,1-5H3;/q-1;. The second-order valence-electron chi connectivity index (χ2n) is 8.19. The Bertz CT molecular complexity index is 910. The molecular weight excluding hydrogens is 447 g/mol. The van der Waals surface area contributed by atoms with Crippen LogP contribution in [0.15, 0.2) is 42.5 Å². The quantitative estimate of drug-likeness (QED) is 0.346. The molecule has 0 bridgehead atoms. The van der Waals surface area contributed by atoms with Crippen molar-refractivity contribution in [1.82, 2.24) is 4.90 Å². The molecule has 2 rings (SSSR count). The maximum absolute atomic E-state index is 12.0. The zero-order valence-corrected chi connectivity index (χ0v) is 20.6. The minimum absolute atomic E-state index is 0. The van der Waals surface area contributed by atoms with Gasteiger partial charge in [0.1, 0.15) is 0 Å². The SMILES string of the molecule is COC(=O)c1ccccc1CCN(C)CCCC(C#N)(c1cc[c-]c(OC)c1)C(C)C.[Co]. The minimum atomic E-state index is -0.569. The van der Waals surface area contributed by atoms with Gasteiger partial charge in [-0.15, -0.1) is 17.7 Å². The van der Waals surface area contributed by atoms with Gasteiger partial charge in [0.25, 0.3) is 0 Å². The molecule has 0 aromatic heterocycles. The Labute approximate surface area is 202 Å². The molecule has 1 radical (unpaired) electrons. The van der Waals surface area contributed by atoms with Crippen molar-refractivity contribution >= 4 is 5.97 Å². The molecule has 1 unspecified atom stereocenters. The average Bonchev–Trinajstić information content (AvgIpc) is 2.80. The molecule has 1 atom stereocenters. The van der Waals surface area contributed by atoms with Crippen molar-refractivity contribution in [2.45, 2.75) is 38.5 Å². The maximum Gasteiger partial charge on any atom is 0.338 e. The number of esters is 1. The number of hydrogen-bond donors (Lipinski definition) is 0. The predicted molar refractivity (Wildman–Crippen MR) is 122 cm³/mol. The van der Waals surface area contributed by atoms with Crippen LogP contribution in [0.2, 0.25) is 0 Å². The molecule has 0 heterocycles. The van der Waals surface area contributed by atoms with Gasteiger partial charge in [0.05, 0.1) is 31.3 Å². The van der Waals surface area contributed by atoms with E-state index in [4.69, 9.17) is 9.47 Å². The van der Waals surface area contributed by atoms with Crippen molar-refractivity contribution in [2.24, 2.45) is 5.92 Å². The molecule has 0 aliphatic heterocycles. The summed E-state index contributed by atoms with van der Waals surface area (Å²) < 4.78 is 10.2. The number of rotatable bonds is 11. The van der Waals surface area contributed by atoms with Crippen molar-refractivity contribution in [1.29, 1.82) is 5.26 Å². The molecule has 0 saturated heterocycles. The fourth-order valence-corrected chi connectivity index (χ4v) is 3.95. The molecule has 0 aliphatic rings. The number of nitriles is 1. The molecular formula is C26H33CoN2O3-. The number of carbonyl (C=O) groups is 1. The molecule has 5 nitrogen and oxygen atoms in total. The predicted octanol–water partition coefficient (Wildman–Crippen LogP) is 4.65. The zero-order valence-electron chi connectivity index (χ0n) is 19.6. The number of benzene rings is 2. The van der Waals surface area contributed by atoms with Gasteiger partial charge in [-0.2, -0.15) is 17.4 Å². The fraction of sp³-hybridized carbons (Fsp3) is 0.462. The summed E-state index contributed by atoms with van der Waals surface area (Å²) in [6.07, 6.45) is 2.42. The molecule has 0 spiro atoms. The van der Waals surface area contributed by atoms with E-state index in [0.717, 1.165) is 43.5 Å². The van der Waals surface area contributed by atoms with Crippen LogP contribution in [0.25, 0.3) is 0 Å². The summed E-state index contributed by atoms with van der Waals surface area (Å²) in [4.78, 5) is 14.2. The molecule has 2 aromatic rings. The Morgan fingerprint density at radius 1 is 1.22 bits per heavy atom. The molecule has 0 aliphatic carbocycles. The van der Waals surface area contributed by atoms with E-state index in [1.165, 1.54) is 7.11 Å². The first-order valence-corrected chi connectivity index (χ1v) is 10.7. The molecule has 0 fully saturated rings. The minimum Gasteiger partial charge on any atom is -0.523 e. The van der Waals surface area contributed by atoms with Crippen molar-refractivity contribution < 1.29 is 31.0 Å². The normalized spacial score (nSPS) is 12.6. The monoisotopic (exact) mass is 480 g/mol. The Kier molecular flexibility index (Phi) is 11.5. The Morgan fingerprint density at radius 2 is 1.94 bits per heavy atom. The van der Waals surface area contributed by atoms with Gasteiger partial charge in [-0.3, -0.25) is 0 Å². The maximum atomic E-state index is 12.0. The van der Waals surface area contributed by atoms with Gasteiger partial charge in [-0.05, 0) is 50.4 Å². The number of nitrogens with zero attached hydrogens (tertiary/aromatic N) is 2. The van der Waals surface area contributed by atoms with E-state index < -0.39 is 5.41 Å².